The highest BCUT2D eigenvalue weighted by Gasteiger charge is 2.25. The lowest BCUT2D eigenvalue weighted by Crippen LogP contribution is -3.27. The molecular weight excluding hydrogens is 356 g/mol. The average Bonchev–Trinajstić information content (AvgIpc) is 3.39. The summed E-state index contributed by atoms with van der Waals surface area (Å²) in [5.74, 6) is 3.03. The van der Waals surface area contributed by atoms with E-state index in [1.54, 1.807) is 4.90 Å². The van der Waals surface area contributed by atoms with Gasteiger partial charge in [0, 0.05) is 11.1 Å². The van der Waals surface area contributed by atoms with Crippen LogP contribution in [-0.2, 0) is 13.1 Å². The fourth-order valence-corrected chi connectivity index (χ4v) is 3.89. The topological polar surface area (TPSA) is 66.3 Å². The second-order valence-electron chi connectivity index (χ2n) is 7.41. The number of fused-ring (bicyclic) bond motifs is 1. The van der Waals surface area contributed by atoms with Gasteiger partial charge in [0.05, 0.1) is 0 Å². The predicted molar refractivity (Wildman–Crippen MR) is 101 cm³/mol. The molecule has 0 amide bonds. The van der Waals surface area contributed by atoms with Crippen LogP contribution in [0.1, 0.15) is 11.5 Å². The number of hydrogen-bond acceptors (Lipinski definition) is 5. The quantitative estimate of drug-likeness (QED) is 0.650. The number of benzene rings is 2. The van der Waals surface area contributed by atoms with E-state index in [1.165, 1.54) is 10.5 Å². The molecule has 2 N–H and O–H groups in total. The average molecular weight is 380 g/mol. The minimum Gasteiger partial charge on any atom is -0.454 e. The Morgan fingerprint density at radius 3 is 2.36 bits per heavy atom. The minimum absolute atomic E-state index is 0.329. The van der Waals surface area contributed by atoms with Crippen molar-refractivity contribution in [1.82, 2.24) is 10.2 Å². The van der Waals surface area contributed by atoms with Gasteiger partial charge in [-0.05, 0) is 30.3 Å². The molecule has 7 nitrogen and oxygen atoms in total. The predicted octanol–water partition coefficient (Wildman–Crippen LogP) is -0.0511. The van der Waals surface area contributed by atoms with Crippen LogP contribution in [0.4, 0.5) is 0 Å². The number of ether oxygens (including phenoxy) is 2. The van der Waals surface area contributed by atoms with Gasteiger partial charge in [-0.1, -0.05) is 18.2 Å². The van der Waals surface area contributed by atoms with Gasteiger partial charge in [-0.2, -0.15) is 0 Å². The number of piperazine rings is 1. The van der Waals surface area contributed by atoms with Crippen LogP contribution in [0.5, 0.6) is 11.5 Å². The molecule has 0 aliphatic carbocycles. The molecular formula is C21H24N4O3+2. The second kappa shape index (κ2) is 7.61. The van der Waals surface area contributed by atoms with E-state index in [9.17, 15) is 0 Å². The molecule has 1 aromatic heterocycles. The smallest absolute Gasteiger partial charge is 0.271 e. The summed E-state index contributed by atoms with van der Waals surface area (Å²) in [5.41, 5.74) is 2.27. The minimum atomic E-state index is 0.329. The molecule has 2 aromatic carbocycles. The van der Waals surface area contributed by atoms with E-state index in [4.69, 9.17) is 13.9 Å². The first-order valence-electron chi connectivity index (χ1n) is 9.77. The number of hydrogen-bond donors (Lipinski definition) is 2. The summed E-state index contributed by atoms with van der Waals surface area (Å²) in [6.07, 6.45) is 0. The maximum atomic E-state index is 5.86. The lowest BCUT2D eigenvalue weighted by atomic mass is 10.1. The zero-order valence-corrected chi connectivity index (χ0v) is 15.7. The standard InChI is InChI=1S/C21H22N4O3/c1-2-4-17(5-3-1)21-23-22-20(28-21)14-25-10-8-24(9-11-25)13-16-6-7-18-19(12-16)27-15-26-18/h1-7,12H,8-11,13-15H2/p+2. The maximum Gasteiger partial charge on any atom is 0.271 e. The van der Waals surface area contributed by atoms with E-state index in [2.05, 4.69) is 22.3 Å². The van der Waals surface area contributed by atoms with Crippen LogP contribution >= 0.6 is 0 Å². The van der Waals surface area contributed by atoms with Crippen molar-refractivity contribution in [3.05, 3.63) is 60.0 Å². The van der Waals surface area contributed by atoms with Crippen molar-refractivity contribution in [3.8, 4) is 23.0 Å². The molecule has 0 spiro atoms. The summed E-state index contributed by atoms with van der Waals surface area (Å²) in [6.45, 7) is 6.59. The second-order valence-corrected chi connectivity index (χ2v) is 7.41. The summed E-state index contributed by atoms with van der Waals surface area (Å²) >= 11 is 0. The van der Waals surface area contributed by atoms with Gasteiger partial charge in [0.2, 0.25) is 12.7 Å². The van der Waals surface area contributed by atoms with Crippen LogP contribution in [0, 0.1) is 0 Å². The summed E-state index contributed by atoms with van der Waals surface area (Å²) in [4.78, 5) is 3.09. The number of quaternary nitrogens is 2. The van der Waals surface area contributed by atoms with Gasteiger partial charge in [-0.15, -0.1) is 10.2 Å². The molecule has 0 atom stereocenters. The first kappa shape index (κ1) is 17.2. The Kier molecular flexibility index (Phi) is 4.68. The first-order valence-corrected chi connectivity index (χ1v) is 9.77. The third kappa shape index (κ3) is 3.72. The Hall–Kier alpha value is -2.90. The number of aromatic nitrogens is 2. The molecule has 0 saturated carbocycles. The van der Waals surface area contributed by atoms with Gasteiger partial charge in [-0.25, -0.2) is 0 Å². The highest BCUT2D eigenvalue weighted by atomic mass is 16.7. The van der Waals surface area contributed by atoms with Crippen molar-refractivity contribution in [2.24, 2.45) is 0 Å². The lowest BCUT2D eigenvalue weighted by Gasteiger charge is -2.29. The monoisotopic (exact) mass is 380 g/mol. The van der Waals surface area contributed by atoms with Crippen LogP contribution in [0.2, 0.25) is 0 Å². The highest BCUT2D eigenvalue weighted by Crippen LogP contribution is 2.32. The fourth-order valence-electron chi connectivity index (χ4n) is 3.89. The van der Waals surface area contributed by atoms with Crippen LogP contribution in [-0.4, -0.2) is 43.2 Å². The molecule has 1 saturated heterocycles. The van der Waals surface area contributed by atoms with Crippen molar-refractivity contribution in [1.29, 1.82) is 0 Å². The van der Waals surface area contributed by atoms with Crippen molar-refractivity contribution in [3.63, 3.8) is 0 Å². The van der Waals surface area contributed by atoms with E-state index in [0.29, 0.717) is 18.6 Å². The summed E-state index contributed by atoms with van der Waals surface area (Å²) < 4.78 is 16.7. The molecule has 7 heteroatoms. The third-order valence-electron chi connectivity index (χ3n) is 5.44. The molecule has 28 heavy (non-hydrogen) atoms. The maximum absolute atomic E-state index is 5.86. The largest absolute Gasteiger partial charge is 0.454 e. The number of nitrogens with zero attached hydrogens (tertiary/aromatic N) is 2. The van der Waals surface area contributed by atoms with Gasteiger partial charge in [-0.3, -0.25) is 0 Å². The Morgan fingerprint density at radius 1 is 0.786 bits per heavy atom. The lowest BCUT2D eigenvalue weighted by molar-refractivity contribution is -1.02. The zero-order valence-electron chi connectivity index (χ0n) is 15.7. The Morgan fingerprint density at radius 2 is 1.54 bits per heavy atom. The van der Waals surface area contributed by atoms with Crippen molar-refractivity contribution >= 4 is 0 Å². The highest BCUT2D eigenvalue weighted by molar-refractivity contribution is 5.51. The summed E-state index contributed by atoms with van der Waals surface area (Å²) in [7, 11) is 0. The summed E-state index contributed by atoms with van der Waals surface area (Å²) in [5, 5.41) is 8.43. The molecule has 0 unspecified atom stereocenters. The van der Waals surface area contributed by atoms with Crippen LogP contribution in [0.15, 0.2) is 52.9 Å². The third-order valence-corrected chi connectivity index (χ3v) is 5.44. The van der Waals surface area contributed by atoms with Crippen molar-refractivity contribution in [2.75, 3.05) is 33.0 Å². The number of nitrogens with one attached hydrogen (secondary N) is 2. The molecule has 144 valence electrons. The molecule has 1 fully saturated rings. The van der Waals surface area contributed by atoms with Crippen molar-refractivity contribution < 1.29 is 23.7 Å². The fraction of sp³-hybridized carbons (Fsp3) is 0.333. The SMILES string of the molecule is c1ccc(-c2nnc(C[NH+]3CC[NH+](Cc4ccc5c(c4)OCO5)CC3)o2)cc1. The van der Waals surface area contributed by atoms with Gasteiger partial charge < -0.3 is 23.7 Å². The Bertz CT molecular complexity index is 936. The van der Waals surface area contributed by atoms with Gasteiger partial charge in [0.25, 0.3) is 5.89 Å². The Balaban J connectivity index is 1.14. The molecule has 0 radical (unpaired) electrons. The first-order chi connectivity index (χ1) is 13.8. The molecule has 2 aliphatic rings. The molecule has 5 rings (SSSR count). The number of rotatable bonds is 5. The molecule has 0 bridgehead atoms. The van der Waals surface area contributed by atoms with E-state index < -0.39 is 0 Å². The van der Waals surface area contributed by atoms with E-state index >= 15 is 0 Å². The van der Waals surface area contributed by atoms with Crippen molar-refractivity contribution in [2.45, 2.75) is 13.1 Å². The molecule has 3 aromatic rings. The molecule has 3 heterocycles. The van der Waals surface area contributed by atoms with E-state index in [1.807, 2.05) is 36.4 Å². The van der Waals surface area contributed by atoms with Gasteiger partial charge in [0.1, 0.15) is 32.7 Å². The Labute approximate surface area is 163 Å². The van der Waals surface area contributed by atoms with Gasteiger partial charge in [0.15, 0.2) is 18.0 Å². The van der Waals surface area contributed by atoms with Crippen LogP contribution in [0.3, 0.4) is 0 Å². The normalized spacial score (nSPS) is 21.0. The van der Waals surface area contributed by atoms with E-state index in [-0.39, 0.29) is 0 Å². The van der Waals surface area contributed by atoms with Crippen LogP contribution in [0.25, 0.3) is 11.5 Å². The van der Waals surface area contributed by atoms with Crippen LogP contribution < -0.4 is 19.3 Å². The van der Waals surface area contributed by atoms with Gasteiger partial charge >= 0.3 is 0 Å². The molecule has 2 aliphatic heterocycles. The summed E-state index contributed by atoms with van der Waals surface area (Å²) in [6, 6.07) is 16.2. The van der Waals surface area contributed by atoms with E-state index in [0.717, 1.165) is 56.3 Å². The zero-order chi connectivity index (χ0) is 18.8.